The highest BCUT2D eigenvalue weighted by atomic mass is 35.5. The fraction of sp³-hybridized carbons (Fsp3) is 0.909. The Balaban J connectivity index is 1.22. The van der Waals surface area contributed by atoms with E-state index in [9.17, 15) is 22.8 Å². The van der Waals surface area contributed by atoms with Crippen LogP contribution < -0.4 is 16.1 Å². The van der Waals surface area contributed by atoms with Gasteiger partial charge in [0, 0.05) is 38.1 Å². The standard InChI is InChI=1S/C22H34ClF3N6O2/c1-30(21(34)14-9-19(33)28-14)20(22(24,25)26)12-4-6-13(7-5-12)31-8-2-3-15-16(31)11-27-18-10-17(23)29-32(15)18/h12-18,20,27,29H,2-11H2,1H3,(H,28,33)/t12?,13?,14-,15?,16?,17?,18?,20+/m1/s1. The maximum absolute atomic E-state index is 14.1. The minimum atomic E-state index is -4.51. The zero-order valence-corrected chi connectivity index (χ0v) is 20.1. The Morgan fingerprint density at radius 1 is 1.18 bits per heavy atom. The monoisotopic (exact) mass is 506 g/mol. The molecule has 2 amide bonds. The van der Waals surface area contributed by atoms with Crippen LogP contribution in [-0.4, -0.2) is 94.8 Å². The molecule has 6 atom stereocenters. The average molecular weight is 507 g/mol. The Labute approximate surface area is 202 Å². The van der Waals surface area contributed by atoms with E-state index in [1.807, 2.05) is 0 Å². The van der Waals surface area contributed by atoms with Crippen molar-refractivity contribution in [2.24, 2.45) is 5.92 Å². The number of piperidine rings is 1. The summed E-state index contributed by atoms with van der Waals surface area (Å²) in [6, 6.07) is -1.74. The molecule has 1 saturated carbocycles. The summed E-state index contributed by atoms with van der Waals surface area (Å²) < 4.78 is 42.3. The number of carbonyl (C=O) groups excluding carboxylic acids is 2. The zero-order valence-electron chi connectivity index (χ0n) is 19.4. The summed E-state index contributed by atoms with van der Waals surface area (Å²) in [7, 11) is 1.23. The third kappa shape index (κ3) is 4.54. The number of β-lactam (4-membered cyclic amide) rings is 1. The minimum Gasteiger partial charge on any atom is -0.344 e. The Morgan fingerprint density at radius 3 is 2.53 bits per heavy atom. The van der Waals surface area contributed by atoms with Crippen LogP contribution in [0.15, 0.2) is 0 Å². The fourth-order valence-corrected chi connectivity index (χ4v) is 7.20. The number of hydrogen-bond acceptors (Lipinski definition) is 6. The summed E-state index contributed by atoms with van der Waals surface area (Å²) in [5.41, 5.74) is 3.31. The lowest BCUT2D eigenvalue weighted by Crippen LogP contribution is -2.70. The molecule has 1 aliphatic carbocycles. The molecule has 4 heterocycles. The molecule has 5 fully saturated rings. The van der Waals surface area contributed by atoms with Crippen LogP contribution in [0.5, 0.6) is 0 Å². The molecule has 0 bridgehead atoms. The maximum atomic E-state index is 14.1. The zero-order chi connectivity index (χ0) is 24.2. The number of nitrogens with zero attached hydrogens (tertiary/aromatic N) is 3. The van der Waals surface area contributed by atoms with Gasteiger partial charge in [-0.25, -0.2) is 10.4 Å². The lowest BCUT2D eigenvalue weighted by Gasteiger charge is -2.53. The largest absolute Gasteiger partial charge is 0.409 e. The van der Waals surface area contributed by atoms with Crippen LogP contribution in [0.25, 0.3) is 0 Å². The molecule has 192 valence electrons. The highest BCUT2D eigenvalue weighted by Gasteiger charge is 2.52. The molecule has 0 aromatic rings. The minimum absolute atomic E-state index is 0.0385. The van der Waals surface area contributed by atoms with E-state index in [4.69, 9.17) is 11.6 Å². The number of amides is 2. The van der Waals surface area contributed by atoms with Gasteiger partial charge < -0.3 is 10.2 Å². The topological polar surface area (TPSA) is 80.0 Å². The summed E-state index contributed by atoms with van der Waals surface area (Å²) in [5, 5.41) is 8.26. The SMILES string of the molecule is CN(C(=O)[C@H]1CC(=O)N1)[C@@H](C1CCC(N2CCCC3C2CNC2CC(Cl)NN23)CC1)C(F)(F)F. The Hall–Kier alpha value is -1.14. The molecule has 4 saturated heterocycles. The van der Waals surface area contributed by atoms with Gasteiger partial charge >= 0.3 is 6.18 Å². The number of alkyl halides is 4. The number of fused-ring (bicyclic) bond motifs is 3. The van der Waals surface area contributed by atoms with Crippen LogP contribution in [0.1, 0.15) is 51.4 Å². The molecule has 5 rings (SSSR count). The van der Waals surface area contributed by atoms with Crippen LogP contribution in [0.4, 0.5) is 13.2 Å². The number of halogens is 4. The molecule has 12 heteroatoms. The van der Waals surface area contributed by atoms with Crippen molar-refractivity contribution in [1.82, 2.24) is 30.9 Å². The highest BCUT2D eigenvalue weighted by Crippen LogP contribution is 2.41. The van der Waals surface area contributed by atoms with E-state index in [-0.39, 0.29) is 30.0 Å². The first-order valence-electron chi connectivity index (χ1n) is 12.4. The first kappa shape index (κ1) is 24.5. The molecule has 5 aliphatic rings. The van der Waals surface area contributed by atoms with Gasteiger partial charge in [-0.3, -0.25) is 19.8 Å². The maximum Gasteiger partial charge on any atom is 0.409 e. The molecule has 4 unspecified atom stereocenters. The molecule has 8 nitrogen and oxygen atoms in total. The molecule has 0 spiro atoms. The summed E-state index contributed by atoms with van der Waals surface area (Å²) >= 11 is 6.33. The van der Waals surface area contributed by atoms with Gasteiger partial charge in [-0.05, 0) is 51.0 Å². The van der Waals surface area contributed by atoms with E-state index in [2.05, 4.69) is 26.0 Å². The second-order valence-electron chi connectivity index (χ2n) is 10.5. The predicted octanol–water partition coefficient (Wildman–Crippen LogP) is 1.36. The van der Waals surface area contributed by atoms with Gasteiger partial charge in [0.15, 0.2) is 0 Å². The van der Waals surface area contributed by atoms with Gasteiger partial charge in [-0.1, -0.05) is 0 Å². The van der Waals surface area contributed by atoms with E-state index in [0.29, 0.717) is 37.8 Å². The second-order valence-corrected chi connectivity index (χ2v) is 11.0. The highest BCUT2D eigenvalue weighted by molar-refractivity contribution is 6.20. The molecular weight excluding hydrogens is 473 g/mol. The summed E-state index contributed by atoms with van der Waals surface area (Å²) in [4.78, 5) is 27.0. The van der Waals surface area contributed by atoms with Crippen molar-refractivity contribution in [3.63, 3.8) is 0 Å². The summed E-state index contributed by atoms with van der Waals surface area (Å²) in [6.45, 7) is 1.83. The molecule has 0 radical (unpaired) electrons. The van der Waals surface area contributed by atoms with E-state index in [0.717, 1.165) is 37.3 Å². The molecular formula is C22H34ClF3N6O2. The predicted molar refractivity (Wildman–Crippen MR) is 119 cm³/mol. The molecule has 3 N–H and O–H groups in total. The van der Waals surface area contributed by atoms with Crippen LogP contribution in [0, 0.1) is 5.92 Å². The lowest BCUT2D eigenvalue weighted by atomic mass is 9.78. The Kier molecular flexibility index (Phi) is 6.78. The number of carbonyl (C=O) groups is 2. The summed E-state index contributed by atoms with van der Waals surface area (Å²) in [5.74, 6) is -1.58. The van der Waals surface area contributed by atoms with Gasteiger partial charge in [0.2, 0.25) is 11.8 Å². The normalized spacial score (nSPS) is 40.0. The quantitative estimate of drug-likeness (QED) is 0.303. The number of rotatable bonds is 4. The third-order valence-electron chi connectivity index (χ3n) is 8.54. The second kappa shape index (κ2) is 9.38. The summed E-state index contributed by atoms with van der Waals surface area (Å²) in [6.07, 6.45) is 0.942. The van der Waals surface area contributed by atoms with Crippen molar-refractivity contribution in [3.8, 4) is 0 Å². The van der Waals surface area contributed by atoms with Gasteiger partial charge in [0.25, 0.3) is 0 Å². The van der Waals surface area contributed by atoms with Gasteiger partial charge in [-0.15, -0.1) is 11.6 Å². The van der Waals surface area contributed by atoms with Gasteiger partial charge in [0.05, 0.1) is 18.1 Å². The first-order valence-corrected chi connectivity index (χ1v) is 12.9. The van der Waals surface area contributed by atoms with Crippen LogP contribution in [0.2, 0.25) is 0 Å². The van der Waals surface area contributed by atoms with Crippen molar-refractivity contribution >= 4 is 23.4 Å². The Morgan fingerprint density at radius 2 is 1.88 bits per heavy atom. The number of hydrazine groups is 1. The van der Waals surface area contributed by atoms with Crippen LogP contribution in [-0.2, 0) is 9.59 Å². The van der Waals surface area contributed by atoms with Gasteiger partial charge in [-0.2, -0.15) is 13.2 Å². The fourth-order valence-electron chi connectivity index (χ4n) is 6.92. The number of nitrogens with one attached hydrogen (secondary N) is 3. The molecule has 0 aromatic carbocycles. The Bertz CT molecular complexity index is 787. The van der Waals surface area contributed by atoms with E-state index < -0.39 is 30.1 Å². The van der Waals surface area contributed by atoms with Crippen molar-refractivity contribution < 1.29 is 22.8 Å². The molecule has 34 heavy (non-hydrogen) atoms. The number of hydrogen-bond donors (Lipinski definition) is 3. The van der Waals surface area contributed by atoms with E-state index in [1.54, 1.807) is 0 Å². The third-order valence-corrected chi connectivity index (χ3v) is 8.82. The van der Waals surface area contributed by atoms with E-state index >= 15 is 0 Å². The van der Waals surface area contributed by atoms with E-state index in [1.165, 1.54) is 7.05 Å². The average Bonchev–Trinajstić information content (AvgIpc) is 3.16. The molecule has 0 aromatic heterocycles. The first-order chi connectivity index (χ1) is 16.1. The van der Waals surface area contributed by atoms with Gasteiger partial charge in [0.1, 0.15) is 12.1 Å². The molecule has 4 aliphatic heterocycles. The van der Waals surface area contributed by atoms with Crippen LogP contribution >= 0.6 is 11.6 Å². The van der Waals surface area contributed by atoms with Crippen molar-refractivity contribution in [3.05, 3.63) is 0 Å². The van der Waals surface area contributed by atoms with Crippen LogP contribution in [0.3, 0.4) is 0 Å². The van der Waals surface area contributed by atoms with Crippen molar-refractivity contribution in [2.45, 2.75) is 99.4 Å². The lowest BCUT2D eigenvalue weighted by molar-refractivity contribution is -0.203. The van der Waals surface area contributed by atoms with Crippen molar-refractivity contribution in [1.29, 1.82) is 0 Å². The smallest absolute Gasteiger partial charge is 0.344 e. The number of likely N-dealkylation sites (tertiary alicyclic amines) is 1. The van der Waals surface area contributed by atoms with Crippen molar-refractivity contribution in [2.75, 3.05) is 20.1 Å². The number of likely N-dealkylation sites (N-methyl/N-ethyl adjacent to an activating group) is 1.